The van der Waals surface area contributed by atoms with E-state index in [-0.39, 0.29) is 20.1 Å². The van der Waals surface area contributed by atoms with Crippen LogP contribution in [0.4, 0.5) is 0 Å². The molecule has 10 rings (SSSR count). The third-order valence-corrected chi connectivity index (χ3v) is 14.8. The van der Waals surface area contributed by atoms with Crippen LogP contribution in [0.25, 0.3) is 81.6 Å². The number of fused-ring (bicyclic) bond motifs is 7. The van der Waals surface area contributed by atoms with Crippen molar-refractivity contribution in [2.24, 2.45) is 0 Å². The van der Waals surface area contributed by atoms with E-state index < -0.39 is 20.1 Å². The van der Waals surface area contributed by atoms with Gasteiger partial charge in [0.15, 0.2) is 0 Å². The summed E-state index contributed by atoms with van der Waals surface area (Å²) >= 11 is -0.0167. The average Bonchev–Trinajstić information content (AvgIpc) is 3.89. The second-order valence-electron chi connectivity index (χ2n) is 13.7. The Hall–Kier alpha value is -4.92. The molecule has 0 saturated heterocycles. The third kappa shape index (κ3) is 6.42. The standard InChI is InChI=1S/C30H16N3OS.C15H18GeN.Ir/c1-4-16-26-18(8-1)20-10-6-15-25(28(20)35-26)33-24-14-3-2-13-23(24)32-29(33)22-11-5-9-19-21-12-7-17-31-30(21)34-27(19)22;1-12-5-7-13(8-6-12)15-10-9-14(11-17-15)16(2,3)4;/h1-10,12-17H;5-7,9-11H,1-4H3;/q2*-1;/i;1D3;. The van der Waals surface area contributed by atoms with Crippen LogP contribution in [0.3, 0.4) is 0 Å². The molecule has 5 aromatic heterocycles. The van der Waals surface area contributed by atoms with Gasteiger partial charge < -0.3 is 8.98 Å². The number of para-hydroxylation sites is 2. The van der Waals surface area contributed by atoms with E-state index in [1.165, 1.54) is 30.6 Å². The number of hydrogen-bond acceptors (Lipinski definition) is 5. The van der Waals surface area contributed by atoms with Gasteiger partial charge in [-0.15, -0.1) is 29.5 Å². The van der Waals surface area contributed by atoms with Crippen LogP contribution in [0, 0.1) is 19.0 Å². The summed E-state index contributed by atoms with van der Waals surface area (Å²) < 4.78 is 34.4. The van der Waals surface area contributed by atoms with Crippen molar-refractivity contribution in [2.75, 3.05) is 0 Å². The van der Waals surface area contributed by atoms with Crippen molar-refractivity contribution < 1.29 is 28.6 Å². The molecule has 0 atom stereocenters. The number of aromatic nitrogens is 4. The molecule has 53 heavy (non-hydrogen) atoms. The number of imidazole rings is 1. The van der Waals surface area contributed by atoms with Crippen molar-refractivity contribution in [2.45, 2.75) is 24.1 Å². The van der Waals surface area contributed by atoms with Gasteiger partial charge in [-0.1, -0.05) is 53.4 Å². The van der Waals surface area contributed by atoms with E-state index in [0.717, 1.165) is 55.7 Å². The number of furan rings is 1. The maximum absolute atomic E-state index is 7.35. The second kappa shape index (κ2) is 14.1. The van der Waals surface area contributed by atoms with Crippen LogP contribution in [0.2, 0.25) is 17.3 Å². The zero-order valence-electron chi connectivity index (χ0n) is 32.1. The summed E-state index contributed by atoms with van der Waals surface area (Å²) in [5.74, 6) is 7.79. The van der Waals surface area contributed by atoms with E-state index in [0.29, 0.717) is 11.3 Å². The Morgan fingerprint density at radius 1 is 0.774 bits per heavy atom. The second-order valence-corrected chi connectivity index (χ2v) is 25.4. The van der Waals surface area contributed by atoms with Gasteiger partial charge in [0, 0.05) is 47.2 Å². The van der Waals surface area contributed by atoms with Crippen LogP contribution >= 0.6 is 11.3 Å². The maximum Gasteiger partial charge on any atom is 0.216 e. The number of pyridine rings is 2. The fourth-order valence-corrected chi connectivity index (χ4v) is 10.0. The SMILES string of the molecule is [2H]C([2H])([2H])c1c[c-]c(-c2cc[c]([Ge]([CH3])([CH3])[CH3])cn2)cc1.[Ir].[c-]1ccc2c(oc3ncccc32)c1-c1nc2ccccc2n1-c1cccc2c1sc1ccccc12. The quantitative estimate of drug-likeness (QED) is 0.130. The first-order chi connectivity index (χ1) is 26.5. The minimum absolute atomic E-state index is 0. The van der Waals surface area contributed by atoms with Crippen molar-refractivity contribution in [3.05, 3.63) is 151 Å². The molecule has 0 unspecified atom stereocenters. The Labute approximate surface area is 332 Å². The molecule has 0 saturated carbocycles. The van der Waals surface area contributed by atoms with Gasteiger partial charge in [0.1, 0.15) is 0 Å². The molecule has 0 fully saturated rings. The van der Waals surface area contributed by atoms with Gasteiger partial charge in [0.2, 0.25) is 5.71 Å². The Morgan fingerprint density at radius 3 is 2.42 bits per heavy atom. The fourth-order valence-electron chi connectivity index (χ4n) is 6.67. The van der Waals surface area contributed by atoms with Crippen molar-refractivity contribution in [1.82, 2.24) is 19.5 Å². The summed E-state index contributed by atoms with van der Waals surface area (Å²) in [6.07, 6.45) is 3.70. The molecule has 0 amide bonds. The van der Waals surface area contributed by atoms with E-state index in [2.05, 4.69) is 111 Å². The van der Waals surface area contributed by atoms with Crippen LogP contribution in [0.1, 0.15) is 9.68 Å². The summed E-state index contributed by atoms with van der Waals surface area (Å²) in [5.41, 5.74) is 7.25. The summed E-state index contributed by atoms with van der Waals surface area (Å²) in [6, 6.07) is 46.8. The summed E-state index contributed by atoms with van der Waals surface area (Å²) in [6.45, 7) is -2.08. The van der Waals surface area contributed by atoms with Crippen LogP contribution in [-0.2, 0) is 20.1 Å². The zero-order chi connectivity index (χ0) is 37.9. The third-order valence-electron chi connectivity index (χ3n) is 9.34. The Bertz CT molecular complexity index is 2960. The molecular weight excluding hydrogens is 909 g/mol. The number of thiophene rings is 1. The topological polar surface area (TPSA) is 56.7 Å². The van der Waals surface area contributed by atoms with Gasteiger partial charge in [-0.25, -0.2) is 4.98 Å². The Kier molecular flexibility index (Phi) is 8.43. The van der Waals surface area contributed by atoms with Crippen molar-refractivity contribution >= 4 is 82.3 Å². The van der Waals surface area contributed by atoms with E-state index in [4.69, 9.17) is 13.5 Å². The summed E-state index contributed by atoms with van der Waals surface area (Å²) in [7, 11) is 0. The van der Waals surface area contributed by atoms with Gasteiger partial charge in [0.25, 0.3) is 0 Å². The summed E-state index contributed by atoms with van der Waals surface area (Å²) in [5, 5.41) is 4.53. The number of benzene rings is 5. The van der Waals surface area contributed by atoms with Crippen molar-refractivity contribution in [1.29, 1.82) is 0 Å². The molecule has 5 aromatic carbocycles. The average molecular weight is 947 g/mol. The fraction of sp³-hybridized carbons (Fsp3) is 0.0889. The van der Waals surface area contributed by atoms with Crippen molar-refractivity contribution in [3.63, 3.8) is 0 Å². The largest absolute Gasteiger partial charge is 0.486 e. The van der Waals surface area contributed by atoms with Gasteiger partial charge >= 0.3 is 110 Å². The molecule has 0 N–H and O–H groups in total. The molecule has 0 spiro atoms. The first-order valence-electron chi connectivity index (χ1n) is 18.6. The smallest absolute Gasteiger partial charge is 0.216 e. The normalized spacial score (nSPS) is 12.7. The van der Waals surface area contributed by atoms with Crippen LogP contribution in [-0.4, -0.2) is 32.8 Å². The number of rotatable bonds is 4. The molecule has 5 nitrogen and oxygen atoms in total. The molecule has 5 heterocycles. The minimum Gasteiger partial charge on any atom is -0.486 e. The molecule has 0 aliphatic heterocycles. The molecular formula is C45H34GeIrN4OS-2. The van der Waals surface area contributed by atoms with Gasteiger partial charge in [-0.3, -0.25) is 4.98 Å². The van der Waals surface area contributed by atoms with E-state index >= 15 is 0 Å². The van der Waals surface area contributed by atoms with Crippen LogP contribution < -0.4 is 4.40 Å². The Balaban J connectivity index is 0.000000181. The first-order valence-corrected chi connectivity index (χ1v) is 25.3. The molecule has 0 aliphatic carbocycles. The molecule has 0 bridgehead atoms. The molecule has 261 valence electrons. The van der Waals surface area contributed by atoms with E-state index in [1.54, 1.807) is 18.3 Å². The summed E-state index contributed by atoms with van der Waals surface area (Å²) in [4.78, 5) is 14.0. The Morgan fingerprint density at radius 2 is 1.60 bits per heavy atom. The molecule has 0 aliphatic rings. The van der Waals surface area contributed by atoms with Gasteiger partial charge in [-0.2, -0.15) is 0 Å². The number of hydrogen-bond donors (Lipinski definition) is 0. The minimum atomic E-state index is -2.08. The van der Waals surface area contributed by atoms with Gasteiger partial charge in [-0.05, 0) is 36.4 Å². The van der Waals surface area contributed by atoms with Crippen LogP contribution in [0.5, 0.6) is 0 Å². The first kappa shape index (κ1) is 31.6. The van der Waals surface area contributed by atoms with E-state index in [1.807, 2.05) is 53.9 Å². The van der Waals surface area contributed by atoms with Crippen molar-refractivity contribution in [3.8, 4) is 28.3 Å². The molecule has 10 aromatic rings. The maximum atomic E-state index is 7.35. The predicted octanol–water partition coefficient (Wildman–Crippen LogP) is 11.6. The zero-order valence-corrected chi connectivity index (χ0v) is 34.5. The predicted molar refractivity (Wildman–Crippen MR) is 220 cm³/mol. The molecule has 1 radical (unpaired) electrons. The number of nitrogens with zero attached hydrogens (tertiary/aromatic N) is 4. The van der Waals surface area contributed by atoms with E-state index in [9.17, 15) is 0 Å². The molecule has 8 heteroatoms. The van der Waals surface area contributed by atoms with Crippen LogP contribution in [0.15, 0.2) is 138 Å². The van der Waals surface area contributed by atoms with Gasteiger partial charge in [0.05, 0.1) is 32.8 Å². The monoisotopic (exact) mass is 948 g/mol. The number of aryl methyl sites for hydroxylation is 1.